The summed E-state index contributed by atoms with van der Waals surface area (Å²) in [5, 5.41) is 9.03. The van der Waals surface area contributed by atoms with Crippen LogP contribution in [0, 0.1) is 0 Å². The van der Waals surface area contributed by atoms with E-state index in [0.717, 1.165) is 25.1 Å². The summed E-state index contributed by atoms with van der Waals surface area (Å²) in [5.41, 5.74) is 4.79. The normalized spacial score (nSPS) is 16.9. The summed E-state index contributed by atoms with van der Waals surface area (Å²) in [4.78, 5) is 16.9. The average Bonchev–Trinajstić information content (AvgIpc) is 2.74. The molecule has 0 bridgehead atoms. The third-order valence-electron chi connectivity index (χ3n) is 3.10. The second-order valence-electron chi connectivity index (χ2n) is 4.31. The summed E-state index contributed by atoms with van der Waals surface area (Å²) in [6.07, 6.45) is 2.25. The van der Waals surface area contributed by atoms with Crippen molar-refractivity contribution in [2.24, 2.45) is 5.73 Å². The number of hydrogen-bond donors (Lipinski definition) is 2. The minimum absolute atomic E-state index is 0.320. The first-order valence-corrected chi connectivity index (χ1v) is 6.33. The van der Waals surface area contributed by atoms with Crippen molar-refractivity contribution in [2.75, 3.05) is 0 Å². The van der Waals surface area contributed by atoms with Gasteiger partial charge in [0.15, 0.2) is 5.82 Å². The topological polar surface area (TPSA) is 84.7 Å². The molecular formula is C11H12N4OS. The summed E-state index contributed by atoms with van der Waals surface area (Å²) in [6.45, 7) is 0. The van der Waals surface area contributed by atoms with Gasteiger partial charge in [-0.25, -0.2) is 4.98 Å². The summed E-state index contributed by atoms with van der Waals surface area (Å²) >= 11 is 1.68. The molecule has 0 saturated heterocycles. The number of aromatic nitrogens is 3. The molecule has 1 aliphatic carbocycles. The number of primary amides is 1. The van der Waals surface area contributed by atoms with E-state index in [1.807, 2.05) is 17.5 Å². The Bertz CT molecular complexity index is 542. The highest BCUT2D eigenvalue weighted by atomic mass is 32.1. The van der Waals surface area contributed by atoms with Crippen LogP contribution in [-0.4, -0.2) is 21.1 Å². The van der Waals surface area contributed by atoms with Crippen LogP contribution < -0.4 is 5.73 Å². The zero-order valence-electron chi connectivity index (χ0n) is 9.14. The number of amides is 1. The zero-order valence-corrected chi connectivity index (χ0v) is 9.96. The lowest BCUT2D eigenvalue weighted by atomic mass is 10.1. The summed E-state index contributed by atoms with van der Waals surface area (Å²) in [6, 6.07) is 4.05. The molecule has 1 amide bonds. The highest BCUT2D eigenvalue weighted by Crippen LogP contribution is 2.46. The Balaban J connectivity index is 1.82. The van der Waals surface area contributed by atoms with E-state index < -0.39 is 5.41 Å². The summed E-state index contributed by atoms with van der Waals surface area (Å²) in [5.74, 6) is 1.02. The molecule has 1 fully saturated rings. The van der Waals surface area contributed by atoms with E-state index in [1.54, 1.807) is 11.3 Å². The van der Waals surface area contributed by atoms with E-state index >= 15 is 0 Å². The number of H-pyrrole nitrogens is 1. The first-order valence-electron chi connectivity index (χ1n) is 5.45. The Hall–Kier alpha value is -1.69. The molecule has 88 valence electrons. The van der Waals surface area contributed by atoms with Crippen molar-refractivity contribution in [3.63, 3.8) is 0 Å². The highest BCUT2D eigenvalue weighted by molar-refractivity contribution is 7.09. The maximum absolute atomic E-state index is 11.3. The van der Waals surface area contributed by atoms with Gasteiger partial charge < -0.3 is 5.73 Å². The maximum atomic E-state index is 11.3. The molecule has 3 N–H and O–H groups in total. The van der Waals surface area contributed by atoms with Gasteiger partial charge in [0.1, 0.15) is 11.2 Å². The van der Waals surface area contributed by atoms with Crippen molar-refractivity contribution < 1.29 is 4.79 Å². The van der Waals surface area contributed by atoms with Crippen LogP contribution in [0.25, 0.3) is 0 Å². The molecule has 0 atom stereocenters. The number of carbonyl (C=O) groups excluding carboxylic acids is 1. The molecule has 2 heterocycles. The van der Waals surface area contributed by atoms with Crippen molar-refractivity contribution in [2.45, 2.75) is 24.7 Å². The van der Waals surface area contributed by atoms with Crippen molar-refractivity contribution in [1.29, 1.82) is 0 Å². The van der Waals surface area contributed by atoms with Crippen LogP contribution in [0.15, 0.2) is 17.5 Å². The quantitative estimate of drug-likeness (QED) is 0.845. The maximum Gasteiger partial charge on any atom is 0.231 e. The Labute approximate surface area is 102 Å². The predicted octanol–water partition coefficient (Wildman–Crippen LogP) is 0.974. The van der Waals surface area contributed by atoms with Gasteiger partial charge in [-0.2, -0.15) is 5.10 Å². The SMILES string of the molecule is NC(=O)C1(c2n[nH]c(Cc3cccs3)n2)CC1. The number of thiophene rings is 1. The number of hydrogen-bond acceptors (Lipinski definition) is 4. The zero-order chi connectivity index (χ0) is 11.9. The fourth-order valence-electron chi connectivity index (χ4n) is 1.87. The first-order chi connectivity index (χ1) is 8.21. The summed E-state index contributed by atoms with van der Waals surface area (Å²) in [7, 11) is 0. The van der Waals surface area contributed by atoms with Gasteiger partial charge >= 0.3 is 0 Å². The van der Waals surface area contributed by atoms with Crippen molar-refractivity contribution >= 4 is 17.2 Å². The molecule has 1 saturated carbocycles. The Kier molecular flexibility index (Phi) is 2.25. The van der Waals surface area contributed by atoms with Gasteiger partial charge in [-0.15, -0.1) is 11.3 Å². The van der Waals surface area contributed by atoms with E-state index in [1.165, 1.54) is 4.88 Å². The summed E-state index contributed by atoms with van der Waals surface area (Å²) < 4.78 is 0. The number of nitrogens with one attached hydrogen (secondary N) is 1. The van der Waals surface area contributed by atoms with Crippen LogP contribution in [0.2, 0.25) is 0 Å². The Morgan fingerprint density at radius 3 is 3.00 bits per heavy atom. The third-order valence-corrected chi connectivity index (χ3v) is 3.98. The molecule has 0 aromatic carbocycles. The molecule has 0 unspecified atom stereocenters. The van der Waals surface area contributed by atoms with Gasteiger partial charge in [0.05, 0.1) is 0 Å². The van der Waals surface area contributed by atoms with Crippen molar-refractivity contribution in [3.05, 3.63) is 34.0 Å². The monoisotopic (exact) mass is 248 g/mol. The van der Waals surface area contributed by atoms with Gasteiger partial charge in [0.25, 0.3) is 0 Å². The molecule has 5 nitrogen and oxygen atoms in total. The first kappa shape index (κ1) is 10.5. The third kappa shape index (κ3) is 1.74. The second-order valence-corrected chi connectivity index (χ2v) is 5.34. The average molecular weight is 248 g/mol. The van der Waals surface area contributed by atoms with E-state index in [4.69, 9.17) is 5.73 Å². The molecular weight excluding hydrogens is 236 g/mol. The number of rotatable bonds is 4. The van der Waals surface area contributed by atoms with E-state index in [9.17, 15) is 4.79 Å². The standard InChI is InChI=1S/C11H12N4OS/c12-9(16)11(3-4-11)10-13-8(14-15-10)6-7-2-1-5-17-7/h1-2,5H,3-4,6H2,(H2,12,16)(H,13,14,15). The Morgan fingerprint density at radius 1 is 1.59 bits per heavy atom. The Morgan fingerprint density at radius 2 is 2.41 bits per heavy atom. The smallest absolute Gasteiger partial charge is 0.231 e. The van der Waals surface area contributed by atoms with Crippen molar-refractivity contribution in [3.8, 4) is 0 Å². The van der Waals surface area contributed by atoms with Gasteiger partial charge in [-0.1, -0.05) is 6.07 Å². The van der Waals surface area contributed by atoms with Gasteiger partial charge in [0.2, 0.25) is 5.91 Å². The second kappa shape index (κ2) is 3.66. The molecule has 0 radical (unpaired) electrons. The number of nitrogens with zero attached hydrogens (tertiary/aromatic N) is 2. The van der Waals surface area contributed by atoms with Gasteiger partial charge in [0, 0.05) is 11.3 Å². The molecule has 17 heavy (non-hydrogen) atoms. The minimum atomic E-state index is -0.593. The van der Waals surface area contributed by atoms with Crippen LogP contribution in [-0.2, 0) is 16.6 Å². The molecule has 2 aromatic heterocycles. The van der Waals surface area contributed by atoms with Crippen LogP contribution >= 0.6 is 11.3 Å². The molecule has 0 spiro atoms. The number of aromatic amines is 1. The van der Waals surface area contributed by atoms with Crippen LogP contribution in [0.3, 0.4) is 0 Å². The number of carbonyl (C=O) groups is 1. The lowest BCUT2D eigenvalue weighted by Crippen LogP contribution is -2.29. The van der Waals surface area contributed by atoms with E-state index in [-0.39, 0.29) is 5.91 Å². The van der Waals surface area contributed by atoms with Gasteiger partial charge in [-0.05, 0) is 24.3 Å². The van der Waals surface area contributed by atoms with Crippen LogP contribution in [0.1, 0.15) is 29.4 Å². The molecule has 2 aromatic rings. The lowest BCUT2D eigenvalue weighted by molar-refractivity contribution is -0.120. The number of nitrogens with two attached hydrogens (primary N) is 1. The van der Waals surface area contributed by atoms with E-state index in [0.29, 0.717) is 5.82 Å². The molecule has 0 aliphatic heterocycles. The lowest BCUT2D eigenvalue weighted by Gasteiger charge is -2.03. The largest absolute Gasteiger partial charge is 0.369 e. The molecule has 6 heteroatoms. The predicted molar refractivity (Wildman–Crippen MR) is 63.6 cm³/mol. The fourth-order valence-corrected chi connectivity index (χ4v) is 2.58. The highest BCUT2D eigenvalue weighted by Gasteiger charge is 2.53. The van der Waals surface area contributed by atoms with Crippen molar-refractivity contribution in [1.82, 2.24) is 15.2 Å². The van der Waals surface area contributed by atoms with Crippen LogP contribution in [0.5, 0.6) is 0 Å². The fraction of sp³-hybridized carbons (Fsp3) is 0.364. The molecule has 1 aliphatic rings. The van der Waals surface area contributed by atoms with Gasteiger partial charge in [-0.3, -0.25) is 9.89 Å². The molecule has 3 rings (SSSR count). The minimum Gasteiger partial charge on any atom is -0.369 e. The van der Waals surface area contributed by atoms with E-state index in [2.05, 4.69) is 15.2 Å². The van der Waals surface area contributed by atoms with Crippen LogP contribution in [0.4, 0.5) is 0 Å².